The number of nitrogens with one attached hydrogen (secondary N) is 1. The summed E-state index contributed by atoms with van der Waals surface area (Å²) in [6, 6.07) is 8.16. The van der Waals surface area contributed by atoms with Crippen molar-refractivity contribution in [3.63, 3.8) is 0 Å². The molecule has 1 aromatic carbocycles. The maximum Gasteiger partial charge on any atom is 0.145 e. The predicted molar refractivity (Wildman–Crippen MR) is 80.3 cm³/mol. The van der Waals surface area contributed by atoms with Crippen molar-refractivity contribution in [2.75, 3.05) is 26.0 Å². The summed E-state index contributed by atoms with van der Waals surface area (Å²) in [6.07, 6.45) is 2.34. The molecule has 2 aromatic rings. The van der Waals surface area contributed by atoms with Gasteiger partial charge in [-0.15, -0.1) is 0 Å². The zero-order valence-electron chi connectivity index (χ0n) is 12.0. The van der Waals surface area contributed by atoms with E-state index in [9.17, 15) is 0 Å². The molecule has 0 unspecified atom stereocenters. The molecule has 1 aromatic heterocycles. The summed E-state index contributed by atoms with van der Waals surface area (Å²) in [7, 11) is 4.06. The van der Waals surface area contributed by atoms with Crippen LogP contribution in [0.5, 0.6) is 0 Å². The minimum absolute atomic E-state index is 0.757. The molecule has 0 aliphatic carbocycles. The SMILES string of the molecule is CCCCNc1nc(CN(C)C)nc2ccccc12. The Bertz CT molecular complexity index is 537. The van der Waals surface area contributed by atoms with E-state index < -0.39 is 0 Å². The van der Waals surface area contributed by atoms with Crippen LogP contribution in [0.2, 0.25) is 0 Å². The number of fused-ring (bicyclic) bond motifs is 1. The lowest BCUT2D eigenvalue weighted by Gasteiger charge is -2.13. The average Bonchev–Trinajstić information content (AvgIpc) is 2.38. The monoisotopic (exact) mass is 258 g/mol. The standard InChI is InChI=1S/C15H22N4/c1-4-5-10-16-15-12-8-6-7-9-13(12)17-14(18-15)11-19(2)3/h6-9H,4-5,10-11H2,1-3H3,(H,16,17,18). The third kappa shape index (κ3) is 3.64. The molecule has 0 aliphatic rings. The summed E-state index contributed by atoms with van der Waals surface area (Å²) in [5.74, 6) is 1.82. The Labute approximate surface area is 114 Å². The van der Waals surface area contributed by atoms with E-state index in [0.29, 0.717) is 0 Å². The van der Waals surface area contributed by atoms with Crippen LogP contribution >= 0.6 is 0 Å². The summed E-state index contributed by atoms with van der Waals surface area (Å²) >= 11 is 0. The smallest absolute Gasteiger partial charge is 0.145 e. The quantitative estimate of drug-likeness (QED) is 0.809. The molecular formula is C15H22N4. The van der Waals surface area contributed by atoms with E-state index in [1.165, 1.54) is 6.42 Å². The van der Waals surface area contributed by atoms with Crippen molar-refractivity contribution in [1.29, 1.82) is 0 Å². The Morgan fingerprint density at radius 1 is 1.16 bits per heavy atom. The highest BCUT2D eigenvalue weighted by atomic mass is 15.1. The van der Waals surface area contributed by atoms with Crippen molar-refractivity contribution < 1.29 is 0 Å². The second-order valence-electron chi connectivity index (χ2n) is 5.02. The van der Waals surface area contributed by atoms with Gasteiger partial charge in [0, 0.05) is 11.9 Å². The normalized spacial score (nSPS) is 11.2. The highest BCUT2D eigenvalue weighted by molar-refractivity contribution is 5.88. The van der Waals surface area contributed by atoms with Crippen LogP contribution in [0.1, 0.15) is 25.6 Å². The Morgan fingerprint density at radius 2 is 1.95 bits per heavy atom. The number of hydrogen-bond donors (Lipinski definition) is 1. The van der Waals surface area contributed by atoms with Gasteiger partial charge in [-0.2, -0.15) is 0 Å². The molecule has 0 saturated heterocycles. The first-order valence-electron chi connectivity index (χ1n) is 6.85. The van der Waals surface area contributed by atoms with Crippen LogP contribution in [0.4, 0.5) is 5.82 Å². The van der Waals surface area contributed by atoms with Crippen LogP contribution in [-0.4, -0.2) is 35.5 Å². The van der Waals surface area contributed by atoms with Crippen LogP contribution in [0.25, 0.3) is 10.9 Å². The first-order valence-corrected chi connectivity index (χ1v) is 6.85. The van der Waals surface area contributed by atoms with E-state index >= 15 is 0 Å². The molecular weight excluding hydrogens is 236 g/mol. The lowest BCUT2D eigenvalue weighted by Crippen LogP contribution is -2.15. The van der Waals surface area contributed by atoms with Crippen LogP contribution in [0, 0.1) is 0 Å². The molecule has 4 heteroatoms. The topological polar surface area (TPSA) is 41.1 Å². The highest BCUT2D eigenvalue weighted by Crippen LogP contribution is 2.20. The van der Waals surface area contributed by atoms with Crippen molar-refractivity contribution in [3.8, 4) is 0 Å². The fraction of sp³-hybridized carbons (Fsp3) is 0.467. The van der Waals surface area contributed by atoms with Crippen molar-refractivity contribution in [2.45, 2.75) is 26.3 Å². The molecule has 0 amide bonds. The largest absolute Gasteiger partial charge is 0.369 e. The van der Waals surface area contributed by atoms with Crippen LogP contribution in [-0.2, 0) is 6.54 Å². The fourth-order valence-electron chi connectivity index (χ4n) is 2.00. The molecule has 19 heavy (non-hydrogen) atoms. The molecule has 2 rings (SSSR count). The first kappa shape index (κ1) is 13.7. The minimum atomic E-state index is 0.757. The van der Waals surface area contributed by atoms with Crippen molar-refractivity contribution in [3.05, 3.63) is 30.1 Å². The Balaban J connectivity index is 2.34. The number of para-hydroxylation sites is 1. The number of rotatable bonds is 6. The van der Waals surface area contributed by atoms with Gasteiger partial charge in [-0.25, -0.2) is 9.97 Å². The third-order valence-electron chi connectivity index (χ3n) is 2.93. The molecule has 1 N–H and O–H groups in total. The Hall–Kier alpha value is -1.68. The van der Waals surface area contributed by atoms with Gasteiger partial charge >= 0.3 is 0 Å². The van der Waals surface area contributed by atoms with E-state index in [4.69, 9.17) is 0 Å². The lowest BCUT2D eigenvalue weighted by atomic mass is 10.2. The summed E-state index contributed by atoms with van der Waals surface area (Å²) in [5.41, 5.74) is 1.01. The number of benzene rings is 1. The van der Waals surface area contributed by atoms with Gasteiger partial charge < -0.3 is 10.2 Å². The van der Waals surface area contributed by atoms with Gasteiger partial charge in [-0.1, -0.05) is 25.5 Å². The van der Waals surface area contributed by atoms with Gasteiger partial charge in [0.25, 0.3) is 0 Å². The second kappa shape index (κ2) is 6.48. The van der Waals surface area contributed by atoms with Crippen LogP contribution in [0.3, 0.4) is 0 Å². The molecule has 0 radical (unpaired) electrons. The zero-order chi connectivity index (χ0) is 13.7. The molecule has 0 aliphatic heterocycles. The zero-order valence-corrected chi connectivity index (χ0v) is 12.0. The predicted octanol–water partition coefficient (Wildman–Crippen LogP) is 2.90. The number of unbranched alkanes of at least 4 members (excludes halogenated alkanes) is 1. The summed E-state index contributed by atoms with van der Waals surface area (Å²) < 4.78 is 0. The molecule has 0 spiro atoms. The van der Waals surface area contributed by atoms with Crippen molar-refractivity contribution in [1.82, 2.24) is 14.9 Å². The fourth-order valence-corrected chi connectivity index (χ4v) is 2.00. The molecule has 0 bridgehead atoms. The summed E-state index contributed by atoms with van der Waals surface area (Å²) in [5, 5.41) is 4.53. The highest BCUT2D eigenvalue weighted by Gasteiger charge is 2.07. The van der Waals surface area contributed by atoms with E-state index in [-0.39, 0.29) is 0 Å². The number of anilines is 1. The van der Waals surface area contributed by atoms with Gasteiger partial charge in [0.05, 0.1) is 12.1 Å². The molecule has 4 nitrogen and oxygen atoms in total. The first-order chi connectivity index (χ1) is 9.20. The van der Waals surface area contributed by atoms with Gasteiger partial charge in [-0.05, 0) is 32.6 Å². The van der Waals surface area contributed by atoms with Crippen LogP contribution in [0.15, 0.2) is 24.3 Å². The molecule has 102 valence electrons. The van der Waals surface area contributed by atoms with E-state index in [2.05, 4.69) is 33.2 Å². The average molecular weight is 258 g/mol. The van der Waals surface area contributed by atoms with Gasteiger partial charge in [0.2, 0.25) is 0 Å². The Kier molecular flexibility index (Phi) is 4.68. The molecule has 0 atom stereocenters. The summed E-state index contributed by atoms with van der Waals surface area (Å²) in [6.45, 7) is 3.91. The Morgan fingerprint density at radius 3 is 2.68 bits per heavy atom. The van der Waals surface area contributed by atoms with E-state index in [1.54, 1.807) is 0 Å². The van der Waals surface area contributed by atoms with E-state index in [0.717, 1.165) is 42.1 Å². The minimum Gasteiger partial charge on any atom is -0.369 e. The summed E-state index contributed by atoms with van der Waals surface area (Å²) in [4.78, 5) is 11.3. The van der Waals surface area contributed by atoms with E-state index in [1.807, 2.05) is 32.3 Å². The van der Waals surface area contributed by atoms with Crippen molar-refractivity contribution >= 4 is 16.7 Å². The molecule has 0 fully saturated rings. The van der Waals surface area contributed by atoms with Gasteiger partial charge in [-0.3, -0.25) is 0 Å². The van der Waals surface area contributed by atoms with Crippen LogP contribution < -0.4 is 5.32 Å². The van der Waals surface area contributed by atoms with Crippen molar-refractivity contribution in [2.24, 2.45) is 0 Å². The molecule has 1 heterocycles. The second-order valence-corrected chi connectivity index (χ2v) is 5.02. The molecule has 0 saturated carbocycles. The maximum absolute atomic E-state index is 4.65. The lowest BCUT2D eigenvalue weighted by molar-refractivity contribution is 0.391. The third-order valence-corrected chi connectivity index (χ3v) is 2.93. The van der Waals surface area contributed by atoms with Gasteiger partial charge in [0.1, 0.15) is 11.6 Å². The maximum atomic E-state index is 4.65. The van der Waals surface area contributed by atoms with Gasteiger partial charge in [0.15, 0.2) is 0 Å². The number of hydrogen-bond acceptors (Lipinski definition) is 4. The number of nitrogens with zero attached hydrogens (tertiary/aromatic N) is 3. The number of aromatic nitrogens is 2.